The Hall–Kier alpha value is -4.05. The van der Waals surface area contributed by atoms with Gasteiger partial charge in [-0.2, -0.15) is 0 Å². The van der Waals surface area contributed by atoms with Crippen LogP contribution in [0, 0.1) is 0 Å². The maximum absolute atomic E-state index is 13.0. The molecule has 0 fully saturated rings. The fourth-order valence-corrected chi connectivity index (χ4v) is 12.2. The van der Waals surface area contributed by atoms with E-state index >= 15 is 0 Å². The van der Waals surface area contributed by atoms with Crippen molar-refractivity contribution in [2.45, 2.75) is 347 Å². The van der Waals surface area contributed by atoms with Crippen LogP contribution >= 0.6 is 15.6 Å². The predicted octanol–water partition coefficient (Wildman–Crippen LogP) is 23.3. The molecule has 0 saturated carbocycles. The zero-order valence-electron chi connectivity index (χ0n) is 63.5. The first-order valence-electron chi connectivity index (χ1n) is 39.8. The first-order chi connectivity index (χ1) is 49.2. The summed E-state index contributed by atoms with van der Waals surface area (Å²) >= 11 is 0. The molecule has 0 aromatic heterocycles. The van der Waals surface area contributed by atoms with Crippen molar-refractivity contribution in [2.75, 3.05) is 39.6 Å². The predicted molar refractivity (Wildman–Crippen MR) is 417 cm³/mol. The molecule has 0 radical (unpaired) electrons. The summed E-state index contributed by atoms with van der Waals surface area (Å²) in [6, 6.07) is 0. The van der Waals surface area contributed by atoms with Crippen LogP contribution in [-0.4, -0.2) is 95.9 Å². The molecule has 0 amide bonds. The van der Waals surface area contributed by atoms with Crippen LogP contribution in [0.25, 0.3) is 0 Å². The maximum atomic E-state index is 13.0. The van der Waals surface area contributed by atoms with Gasteiger partial charge in [0.05, 0.1) is 26.4 Å². The van der Waals surface area contributed by atoms with E-state index in [1.807, 2.05) is 0 Å². The average molecular weight is 1460 g/mol. The lowest BCUT2D eigenvalue weighted by Gasteiger charge is -2.21. The van der Waals surface area contributed by atoms with Crippen molar-refractivity contribution >= 4 is 33.6 Å². The van der Waals surface area contributed by atoms with E-state index < -0.39 is 91.5 Å². The molecule has 0 aromatic carbocycles. The summed E-state index contributed by atoms with van der Waals surface area (Å²) in [6.07, 6.45) is 89.6. The molecule has 0 aliphatic rings. The third kappa shape index (κ3) is 76.9. The molecule has 4 N–H and O–H groups in total. The number of unbranched alkanes of at least 4 members (excludes halogenated alkanes) is 32. The molecule has 0 saturated heterocycles. The lowest BCUT2D eigenvalue weighted by atomic mass is 10.0. The van der Waals surface area contributed by atoms with Gasteiger partial charge in [-0.25, -0.2) is 9.13 Å². The first kappa shape index (κ1) is 97.0. The molecule has 18 heteroatoms. The molecule has 0 heterocycles. The number of phosphoric ester groups is 2. The number of phosphoric acid groups is 2. The van der Waals surface area contributed by atoms with Crippen LogP contribution in [0.4, 0.5) is 0 Å². The van der Waals surface area contributed by atoms with E-state index in [0.717, 1.165) is 148 Å². The highest BCUT2D eigenvalue weighted by atomic mass is 31.2. The third-order valence-corrected chi connectivity index (χ3v) is 18.5. The zero-order chi connectivity index (χ0) is 73.7. The lowest BCUT2D eigenvalue weighted by Crippen LogP contribution is -2.30. The number of carbonyl (C=O) groups excluding carboxylic acids is 3. The van der Waals surface area contributed by atoms with Gasteiger partial charge < -0.3 is 34.2 Å². The van der Waals surface area contributed by atoms with Crippen LogP contribution in [0.2, 0.25) is 0 Å². The molecule has 16 nitrogen and oxygen atoms in total. The highest BCUT2D eigenvalue weighted by Crippen LogP contribution is 2.45. The van der Waals surface area contributed by atoms with Crippen LogP contribution in [0.15, 0.2) is 122 Å². The Morgan fingerprint density at radius 1 is 0.287 bits per heavy atom. The minimum absolute atomic E-state index is 0.0885. The molecule has 582 valence electrons. The van der Waals surface area contributed by atoms with Crippen LogP contribution in [0.3, 0.4) is 0 Å². The second-order valence-electron chi connectivity index (χ2n) is 26.5. The second-order valence-corrected chi connectivity index (χ2v) is 29.4. The normalized spacial score (nSPS) is 14.6. The lowest BCUT2D eigenvalue weighted by molar-refractivity contribution is -0.161. The summed E-state index contributed by atoms with van der Waals surface area (Å²) in [6.45, 7) is 2.52. The Kier molecular flexibility index (Phi) is 72.6. The van der Waals surface area contributed by atoms with Gasteiger partial charge in [-0.3, -0.25) is 32.5 Å². The number of carbonyl (C=O) groups is 3. The van der Waals surface area contributed by atoms with E-state index in [0.29, 0.717) is 19.3 Å². The van der Waals surface area contributed by atoms with E-state index in [4.69, 9.17) is 32.3 Å². The number of aliphatic hydroxyl groups is 2. The van der Waals surface area contributed by atoms with E-state index in [2.05, 4.69) is 142 Å². The van der Waals surface area contributed by atoms with Crippen molar-refractivity contribution in [3.8, 4) is 0 Å². The van der Waals surface area contributed by atoms with Crippen LogP contribution in [0.5, 0.6) is 0 Å². The van der Waals surface area contributed by atoms with Crippen LogP contribution < -0.4 is 0 Å². The Morgan fingerprint density at radius 3 is 0.861 bits per heavy atom. The number of hydrogen-bond donors (Lipinski definition) is 4. The van der Waals surface area contributed by atoms with Crippen molar-refractivity contribution in [1.29, 1.82) is 0 Å². The number of rotatable bonds is 75. The van der Waals surface area contributed by atoms with Gasteiger partial charge in [0.15, 0.2) is 6.10 Å². The van der Waals surface area contributed by atoms with Gasteiger partial charge in [-0.05, 0) is 135 Å². The molecule has 0 aromatic rings. The van der Waals surface area contributed by atoms with Gasteiger partial charge in [0.1, 0.15) is 25.4 Å². The number of allylic oxidation sites excluding steroid dienone is 20. The summed E-state index contributed by atoms with van der Waals surface area (Å²) in [5, 5.41) is 20.6. The summed E-state index contributed by atoms with van der Waals surface area (Å²) in [5.74, 6) is -1.60. The van der Waals surface area contributed by atoms with Gasteiger partial charge in [-0.15, -0.1) is 0 Å². The van der Waals surface area contributed by atoms with E-state index in [1.54, 1.807) is 0 Å². The van der Waals surface area contributed by atoms with Crippen molar-refractivity contribution in [2.24, 2.45) is 0 Å². The molecule has 101 heavy (non-hydrogen) atoms. The molecule has 5 atom stereocenters. The van der Waals surface area contributed by atoms with Gasteiger partial charge in [0.25, 0.3) is 0 Å². The van der Waals surface area contributed by atoms with Gasteiger partial charge in [-0.1, -0.05) is 296 Å². The summed E-state index contributed by atoms with van der Waals surface area (Å²) < 4.78 is 61.1. The smallest absolute Gasteiger partial charge is 0.463 e. The van der Waals surface area contributed by atoms with Gasteiger partial charge in [0, 0.05) is 19.3 Å². The molecule has 0 spiro atoms. The Balaban J connectivity index is 4.54. The molecular weight excluding hydrogens is 1310 g/mol. The number of esters is 3. The SMILES string of the molecule is CC/C=C\C/C=C\C/C=C\C/C=C\C/C=C\CCCCCCCC(=O)OCC(COP(=O)(O)OCC(O)COP(=O)(O)OCC(O)COC(=O)CCCCCCCCCCCCCCC/C=C\C/C=C\C/C=C\C/C=C\CCCCC)OC(=O)CCCCCCC/C=C\CCCCCCCC. The monoisotopic (exact) mass is 1460 g/mol. The van der Waals surface area contributed by atoms with E-state index in [1.165, 1.54) is 122 Å². The van der Waals surface area contributed by atoms with Crippen LogP contribution in [0.1, 0.15) is 329 Å². The van der Waals surface area contributed by atoms with Crippen molar-refractivity contribution in [3.63, 3.8) is 0 Å². The molecule has 0 rings (SSSR count). The van der Waals surface area contributed by atoms with Crippen LogP contribution in [-0.2, 0) is 55.8 Å². The fraction of sp³-hybridized carbons (Fsp3) is 0.723. The molecule has 5 unspecified atom stereocenters. The third-order valence-electron chi connectivity index (χ3n) is 16.6. The van der Waals surface area contributed by atoms with E-state index in [-0.39, 0.29) is 19.3 Å². The topological polar surface area (TPSA) is 231 Å². The largest absolute Gasteiger partial charge is 0.472 e. The number of aliphatic hydroxyl groups excluding tert-OH is 2. The zero-order valence-corrected chi connectivity index (χ0v) is 65.3. The Bertz CT molecular complexity index is 2320. The Morgan fingerprint density at radius 2 is 0.525 bits per heavy atom. The molecule has 0 bridgehead atoms. The first-order valence-corrected chi connectivity index (χ1v) is 42.8. The second kappa shape index (κ2) is 75.6. The standard InChI is InChI=1S/C83H144O16P2/c1-4-7-10-13-16-19-22-25-28-30-32-34-35-36-37-38-39-40-41-43-45-46-49-51-54-57-60-63-66-69-81(86)93-72-78(84)73-95-100(89,90)96-74-79(85)75-97-101(91,92)98-77-80(99-83(88)71-68-65-62-59-56-53-48-27-24-21-18-15-12-9-6-3)76-94-82(87)70-67-64-61-58-55-52-50-47-44-42-33-31-29-26-23-20-17-14-11-8-5-2/h8,11,16-17,19-20,25-29,32-34,36-37,42,47-48,50,78-80,84-85H,4-7,9-10,12-15,18,21-24,30-31,35,38-41,43-46,49,51-77H2,1-3H3,(H,89,90)(H,91,92)/b11-8-,19-16-,20-17-,28-25-,29-26-,34-32-,37-36-,42-33-,48-27-,50-47-. The molecule has 0 aliphatic carbocycles. The minimum atomic E-state index is -4.94. The highest BCUT2D eigenvalue weighted by Gasteiger charge is 2.29. The Labute approximate surface area is 614 Å². The molecular formula is C83H144O16P2. The van der Waals surface area contributed by atoms with E-state index in [9.17, 15) is 43.5 Å². The van der Waals surface area contributed by atoms with Crippen molar-refractivity contribution in [1.82, 2.24) is 0 Å². The highest BCUT2D eigenvalue weighted by molar-refractivity contribution is 7.47. The summed E-state index contributed by atoms with van der Waals surface area (Å²) in [7, 11) is -9.80. The van der Waals surface area contributed by atoms with Crippen molar-refractivity contribution < 1.29 is 75.8 Å². The summed E-state index contributed by atoms with van der Waals surface area (Å²) in [5.41, 5.74) is 0. The molecule has 0 aliphatic heterocycles. The fourth-order valence-electron chi connectivity index (χ4n) is 10.6. The quantitative estimate of drug-likeness (QED) is 0.0146. The maximum Gasteiger partial charge on any atom is 0.472 e. The van der Waals surface area contributed by atoms with Gasteiger partial charge in [0.2, 0.25) is 0 Å². The van der Waals surface area contributed by atoms with Crippen molar-refractivity contribution in [3.05, 3.63) is 122 Å². The minimum Gasteiger partial charge on any atom is -0.463 e. The number of ether oxygens (including phenoxy) is 3. The average Bonchev–Trinajstić information content (AvgIpc) is 1.09. The summed E-state index contributed by atoms with van der Waals surface area (Å²) in [4.78, 5) is 58.6. The van der Waals surface area contributed by atoms with Gasteiger partial charge >= 0.3 is 33.6 Å². The number of hydrogen-bond acceptors (Lipinski definition) is 14.